The third-order valence-electron chi connectivity index (χ3n) is 2.58. The number of aromatic amines is 1. The van der Waals surface area contributed by atoms with Crippen LogP contribution in [0.4, 0.5) is 26.3 Å². The largest absolute Gasteiger partial charge is 0.407 e. The van der Waals surface area contributed by atoms with Crippen LogP contribution in [0, 0.1) is 11.3 Å². The quantitative estimate of drug-likeness (QED) is 0.816. The minimum atomic E-state index is -5.53. The molecule has 20 heavy (non-hydrogen) atoms. The zero-order valence-corrected chi connectivity index (χ0v) is 9.47. The van der Waals surface area contributed by atoms with E-state index in [1.54, 1.807) is 6.07 Å². The summed E-state index contributed by atoms with van der Waals surface area (Å²) in [5.41, 5.74) is -0.380. The van der Waals surface area contributed by atoms with Crippen molar-refractivity contribution in [2.75, 3.05) is 0 Å². The van der Waals surface area contributed by atoms with E-state index in [2.05, 4.69) is 4.98 Å². The van der Waals surface area contributed by atoms with Crippen molar-refractivity contribution in [3.05, 3.63) is 29.6 Å². The third kappa shape index (κ3) is 2.41. The zero-order chi connectivity index (χ0) is 15.1. The summed E-state index contributed by atoms with van der Waals surface area (Å²) in [5.74, 6) is -4.99. The standard InChI is InChI=1S/C11H5F6N3/c12-10(13,14)8(11(15,16)17)9-19-6-3-1-2-5(4-18)7(6)20-9/h1-3,8H,(H,19,20). The summed E-state index contributed by atoms with van der Waals surface area (Å²) < 4.78 is 75.4. The molecule has 0 saturated heterocycles. The molecular weight excluding hydrogens is 288 g/mol. The lowest BCUT2D eigenvalue weighted by molar-refractivity contribution is -0.255. The van der Waals surface area contributed by atoms with Gasteiger partial charge in [0.2, 0.25) is 5.92 Å². The SMILES string of the molecule is N#Cc1cccc2[nH]c(C(C(F)(F)F)C(F)(F)F)nc12. The van der Waals surface area contributed by atoms with Gasteiger partial charge in [-0.1, -0.05) is 6.07 Å². The summed E-state index contributed by atoms with van der Waals surface area (Å²) in [4.78, 5) is 5.28. The first-order chi connectivity index (χ1) is 9.14. The normalized spacial score (nSPS) is 12.9. The number of nitrogens with zero attached hydrogens (tertiary/aromatic N) is 2. The van der Waals surface area contributed by atoms with Gasteiger partial charge in [0, 0.05) is 0 Å². The van der Waals surface area contributed by atoms with Crippen molar-refractivity contribution in [1.29, 1.82) is 5.26 Å². The number of fused-ring (bicyclic) bond motifs is 1. The number of benzene rings is 1. The molecule has 9 heteroatoms. The number of rotatable bonds is 1. The number of hydrogen-bond acceptors (Lipinski definition) is 2. The highest BCUT2D eigenvalue weighted by atomic mass is 19.4. The third-order valence-corrected chi connectivity index (χ3v) is 2.58. The summed E-state index contributed by atoms with van der Waals surface area (Å²) in [5, 5.41) is 8.75. The molecule has 0 amide bonds. The second-order valence-electron chi connectivity index (χ2n) is 3.95. The van der Waals surface area contributed by atoms with Gasteiger partial charge in [-0.2, -0.15) is 31.6 Å². The molecule has 3 nitrogen and oxygen atoms in total. The Labute approximate surface area is 107 Å². The summed E-state index contributed by atoms with van der Waals surface area (Å²) in [6.45, 7) is 0. The molecule has 1 aromatic carbocycles. The maximum atomic E-state index is 12.6. The van der Waals surface area contributed by atoms with Gasteiger partial charge in [-0.3, -0.25) is 0 Å². The number of aromatic nitrogens is 2. The van der Waals surface area contributed by atoms with Crippen LogP contribution < -0.4 is 0 Å². The van der Waals surface area contributed by atoms with E-state index in [1.165, 1.54) is 18.2 Å². The molecule has 0 spiro atoms. The molecule has 0 saturated carbocycles. The summed E-state index contributed by atoms with van der Waals surface area (Å²) in [6.07, 6.45) is -11.1. The minimum absolute atomic E-state index is 0.0578. The molecule has 0 aliphatic carbocycles. The van der Waals surface area contributed by atoms with Crippen LogP contribution in [0.25, 0.3) is 11.0 Å². The van der Waals surface area contributed by atoms with Crippen LogP contribution in [0.15, 0.2) is 18.2 Å². The Kier molecular flexibility index (Phi) is 3.12. The number of H-pyrrole nitrogens is 1. The first-order valence-electron chi connectivity index (χ1n) is 5.16. The Morgan fingerprint density at radius 1 is 1.10 bits per heavy atom. The van der Waals surface area contributed by atoms with Gasteiger partial charge in [0.15, 0.2) is 0 Å². The molecule has 0 radical (unpaired) electrons. The number of imidazole rings is 1. The average Bonchev–Trinajstić information content (AvgIpc) is 2.66. The molecule has 2 aromatic rings. The highest BCUT2D eigenvalue weighted by Crippen LogP contribution is 2.45. The Bertz CT molecular complexity index is 662. The summed E-state index contributed by atoms with van der Waals surface area (Å²) in [6, 6.07) is 5.49. The molecular formula is C11H5F6N3. The van der Waals surface area contributed by atoms with Crippen molar-refractivity contribution in [2.45, 2.75) is 18.3 Å². The van der Waals surface area contributed by atoms with Crippen LogP contribution in [0.2, 0.25) is 0 Å². The number of nitriles is 1. The molecule has 0 aliphatic heterocycles. The van der Waals surface area contributed by atoms with Crippen LogP contribution >= 0.6 is 0 Å². The van der Waals surface area contributed by atoms with Gasteiger partial charge in [-0.05, 0) is 12.1 Å². The maximum Gasteiger partial charge on any atom is 0.407 e. The lowest BCUT2D eigenvalue weighted by Gasteiger charge is -2.20. The molecule has 106 valence electrons. The number of alkyl halides is 6. The average molecular weight is 293 g/mol. The minimum Gasteiger partial charge on any atom is -0.341 e. The molecule has 0 aliphatic rings. The van der Waals surface area contributed by atoms with Crippen LogP contribution in [-0.4, -0.2) is 22.3 Å². The van der Waals surface area contributed by atoms with Gasteiger partial charge in [-0.25, -0.2) is 4.98 Å². The van der Waals surface area contributed by atoms with Gasteiger partial charge >= 0.3 is 12.4 Å². The fourth-order valence-electron chi connectivity index (χ4n) is 1.77. The van der Waals surface area contributed by atoms with E-state index in [0.29, 0.717) is 0 Å². The zero-order valence-electron chi connectivity index (χ0n) is 9.47. The summed E-state index contributed by atoms with van der Waals surface area (Å²) >= 11 is 0. The van der Waals surface area contributed by atoms with Crippen LogP contribution in [0.5, 0.6) is 0 Å². The van der Waals surface area contributed by atoms with E-state index in [1.807, 2.05) is 4.98 Å². The van der Waals surface area contributed by atoms with E-state index in [-0.39, 0.29) is 16.6 Å². The number of nitrogens with one attached hydrogen (secondary N) is 1. The number of hydrogen-bond donors (Lipinski definition) is 1. The monoisotopic (exact) mass is 293 g/mol. The number of para-hydroxylation sites is 1. The highest BCUT2D eigenvalue weighted by molar-refractivity contribution is 5.81. The smallest absolute Gasteiger partial charge is 0.341 e. The van der Waals surface area contributed by atoms with Crippen molar-refractivity contribution in [1.82, 2.24) is 9.97 Å². The van der Waals surface area contributed by atoms with E-state index in [0.717, 1.165) is 0 Å². The first-order valence-corrected chi connectivity index (χ1v) is 5.16. The molecule has 0 fully saturated rings. The van der Waals surface area contributed by atoms with E-state index in [9.17, 15) is 26.3 Å². The number of halogens is 6. The van der Waals surface area contributed by atoms with Crippen LogP contribution in [-0.2, 0) is 0 Å². The van der Waals surface area contributed by atoms with Crippen molar-refractivity contribution < 1.29 is 26.3 Å². The van der Waals surface area contributed by atoms with Crippen LogP contribution in [0.3, 0.4) is 0 Å². The predicted molar refractivity (Wildman–Crippen MR) is 55.7 cm³/mol. The predicted octanol–water partition coefficient (Wildman–Crippen LogP) is 3.64. The lowest BCUT2D eigenvalue weighted by atomic mass is 10.1. The topological polar surface area (TPSA) is 52.5 Å². The Balaban J connectivity index is 2.65. The summed E-state index contributed by atoms with van der Waals surface area (Å²) in [7, 11) is 0. The Morgan fingerprint density at radius 2 is 1.70 bits per heavy atom. The van der Waals surface area contributed by atoms with Crippen molar-refractivity contribution in [3.63, 3.8) is 0 Å². The second kappa shape index (κ2) is 4.40. The Morgan fingerprint density at radius 3 is 2.20 bits per heavy atom. The van der Waals surface area contributed by atoms with Crippen molar-refractivity contribution >= 4 is 11.0 Å². The van der Waals surface area contributed by atoms with Crippen molar-refractivity contribution in [3.8, 4) is 6.07 Å². The molecule has 0 atom stereocenters. The van der Waals surface area contributed by atoms with E-state index >= 15 is 0 Å². The van der Waals surface area contributed by atoms with Gasteiger partial charge in [0.25, 0.3) is 0 Å². The van der Waals surface area contributed by atoms with E-state index < -0.39 is 24.1 Å². The molecule has 0 bridgehead atoms. The highest BCUT2D eigenvalue weighted by Gasteiger charge is 2.59. The lowest BCUT2D eigenvalue weighted by Crippen LogP contribution is -2.34. The second-order valence-corrected chi connectivity index (χ2v) is 3.95. The molecule has 2 rings (SSSR count). The van der Waals surface area contributed by atoms with Gasteiger partial charge in [0.1, 0.15) is 17.4 Å². The van der Waals surface area contributed by atoms with E-state index in [4.69, 9.17) is 5.26 Å². The molecule has 1 heterocycles. The maximum absolute atomic E-state index is 12.6. The van der Waals surface area contributed by atoms with Gasteiger partial charge < -0.3 is 4.98 Å². The molecule has 1 aromatic heterocycles. The van der Waals surface area contributed by atoms with Crippen LogP contribution in [0.1, 0.15) is 17.3 Å². The van der Waals surface area contributed by atoms with Crippen molar-refractivity contribution in [2.24, 2.45) is 0 Å². The van der Waals surface area contributed by atoms with Gasteiger partial charge in [-0.15, -0.1) is 0 Å². The molecule has 1 N–H and O–H groups in total. The van der Waals surface area contributed by atoms with Gasteiger partial charge in [0.05, 0.1) is 11.1 Å². The first kappa shape index (κ1) is 14.2. The fraction of sp³-hybridized carbons (Fsp3) is 0.273. The Hall–Kier alpha value is -2.24. The fourth-order valence-corrected chi connectivity index (χ4v) is 1.77. The molecule has 0 unspecified atom stereocenters.